The minimum absolute atomic E-state index is 0.0179. The van der Waals surface area contributed by atoms with Gasteiger partial charge in [0.25, 0.3) is 5.91 Å². The quantitative estimate of drug-likeness (QED) is 0.105. The number of halogens is 1. The lowest BCUT2D eigenvalue weighted by Crippen LogP contribution is -2.61. The summed E-state index contributed by atoms with van der Waals surface area (Å²) in [7, 11) is 4.91. The zero-order valence-electron chi connectivity index (χ0n) is 41.5. The molecule has 2 aliphatic rings. The van der Waals surface area contributed by atoms with Crippen LogP contribution in [-0.4, -0.2) is 138 Å². The molecular formula is C50H64FN11O9. The number of aromatic nitrogens is 3. The van der Waals surface area contributed by atoms with Crippen LogP contribution in [0.3, 0.4) is 0 Å². The van der Waals surface area contributed by atoms with Gasteiger partial charge in [-0.15, -0.1) is 0 Å². The lowest BCUT2D eigenvalue weighted by atomic mass is 9.84. The van der Waals surface area contributed by atoms with Crippen molar-refractivity contribution in [2.45, 2.75) is 91.3 Å². The minimum Gasteiger partial charge on any atom is -0.491 e. The lowest BCUT2D eigenvalue weighted by Gasteiger charge is -2.40. The van der Waals surface area contributed by atoms with E-state index >= 15 is 0 Å². The van der Waals surface area contributed by atoms with E-state index in [2.05, 4.69) is 26.8 Å². The van der Waals surface area contributed by atoms with Crippen LogP contribution in [0.25, 0.3) is 11.1 Å². The van der Waals surface area contributed by atoms with Crippen LogP contribution in [-0.2, 0) is 54.7 Å². The van der Waals surface area contributed by atoms with Gasteiger partial charge in [-0.3, -0.25) is 28.7 Å². The smallest absolute Gasteiger partial charge is 0.254 e. The number of hydrogen-bond donors (Lipinski definition) is 4. The van der Waals surface area contributed by atoms with Crippen LogP contribution in [0, 0.1) is 22.6 Å². The van der Waals surface area contributed by atoms with Crippen LogP contribution < -0.4 is 31.6 Å². The normalized spacial score (nSPS) is 16.4. The van der Waals surface area contributed by atoms with E-state index in [0.717, 1.165) is 11.1 Å². The van der Waals surface area contributed by atoms with Crippen molar-refractivity contribution in [2.24, 2.45) is 11.1 Å². The van der Waals surface area contributed by atoms with Crippen molar-refractivity contribution in [3.05, 3.63) is 88.1 Å². The molecule has 0 aliphatic carbocycles. The maximum atomic E-state index is 14.5. The van der Waals surface area contributed by atoms with Crippen LogP contribution in [0.2, 0.25) is 0 Å². The fraction of sp³-hybridized carbons (Fsp3) is 0.480. The highest BCUT2D eigenvalue weighted by Crippen LogP contribution is 2.37. The zero-order valence-corrected chi connectivity index (χ0v) is 41.5. The number of carbonyl (C=O) groups excluding carboxylic acids is 5. The first-order valence-corrected chi connectivity index (χ1v) is 23.4. The van der Waals surface area contributed by atoms with Crippen LogP contribution in [0.1, 0.15) is 85.6 Å². The summed E-state index contributed by atoms with van der Waals surface area (Å²) < 4.78 is 39.5. The Balaban J connectivity index is 0.974. The van der Waals surface area contributed by atoms with Gasteiger partial charge in [-0.05, 0) is 73.8 Å². The second kappa shape index (κ2) is 23.2. The molecular weight excluding hydrogens is 918 g/mol. The maximum absolute atomic E-state index is 14.5. The highest BCUT2D eigenvalue weighted by atomic mass is 19.1. The number of anilines is 1. The van der Waals surface area contributed by atoms with Gasteiger partial charge >= 0.3 is 0 Å². The topological polar surface area (TPSA) is 263 Å². The third-order valence-corrected chi connectivity index (χ3v) is 12.6. The highest BCUT2D eigenvalue weighted by molar-refractivity contribution is 5.96. The first-order chi connectivity index (χ1) is 33.7. The van der Waals surface area contributed by atoms with E-state index in [1.165, 1.54) is 39.1 Å². The number of primary amides is 1. The molecule has 5 amide bonds. The Morgan fingerprint density at radius 2 is 1.76 bits per heavy atom. The first-order valence-electron chi connectivity index (χ1n) is 23.4. The molecule has 0 radical (unpaired) electrons. The molecule has 0 unspecified atom stereocenters. The number of pyridine rings is 1. The number of nitrogens with zero attached hydrogens (tertiary/aromatic N) is 7. The molecule has 0 spiro atoms. The Kier molecular flexibility index (Phi) is 17.4. The highest BCUT2D eigenvalue weighted by Gasteiger charge is 2.42. The number of amides is 5. The van der Waals surface area contributed by atoms with Crippen molar-refractivity contribution in [3.8, 4) is 28.7 Å². The lowest BCUT2D eigenvalue weighted by molar-refractivity contribution is -0.146. The van der Waals surface area contributed by atoms with E-state index in [0.29, 0.717) is 28.1 Å². The maximum Gasteiger partial charge on any atom is 0.254 e. The third-order valence-electron chi connectivity index (χ3n) is 12.6. The molecule has 2 aliphatic heterocycles. The SMILES string of the molecule is CN[C@H](C)C(=O)N[C@@H](C(=O)N1Cc2cc(OCCOCCOCCC(=O)N(C)CCn3nc(C#N)c4c3CN(C)C(=O)c3ccc(F)cc3[C@@H](C)Oc3cc-4cnc3N)ccc2C[C@@H]1C(N)=O)C(C)(C)C. The van der Waals surface area contributed by atoms with E-state index in [1.54, 1.807) is 51.8 Å². The molecule has 2 bridgehead atoms. The average Bonchev–Trinajstić information content (AvgIpc) is 3.69. The van der Waals surface area contributed by atoms with Crippen molar-refractivity contribution >= 4 is 35.4 Å². The first kappa shape index (κ1) is 53.2. The van der Waals surface area contributed by atoms with Gasteiger partial charge in [0.05, 0.1) is 57.7 Å². The Hall–Kier alpha value is -7.15. The summed E-state index contributed by atoms with van der Waals surface area (Å²) in [6.07, 6.45) is 1.04. The molecule has 4 aromatic rings. The second-order valence-electron chi connectivity index (χ2n) is 18.7. The summed E-state index contributed by atoms with van der Waals surface area (Å²) in [4.78, 5) is 75.2. The number of carbonyl (C=O) groups is 5. The standard InChI is InChI=1S/C50H64FN11O9/c1-29(55-6)47(65)57-44(50(3,4)5)49(67)61-27-33-21-35(11-9-31(33)22-39(61)46(54)64)70-20-19-69-18-17-68-16-13-42(63)59(7)14-15-62-40-28-60(8)48(66)36-12-10-34(51)24-37(36)30(2)71-41-23-32(26-56-45(41)53)43(40)38(25-52)58-62/h9-12,21,23-24,26,29-30,39,44,55H,13-20,22,27-28H2,1-8H3,(H2,53,56)(H2,54,64)(H,57,65)/t29-,30-,39-,44+/m1/s1. The van der Waals surface area contributed by atoms with Crippen molar-refractivity contribution in [1.29, 1.82) is 5.26 Å². The number of rotatable bonds is 18. The van der Waals surface area contributed by atoms with Gasteiger partial charge in [0.2, 0.25) is 23.6 Å². The van der Waals surface area contributed by atoms with Crippen molar-refractivity contribution < 1.29 is 47.3 Å². The summed E-state index contributed by atoms with van der Waals surface area (Å²) in [6.45, 7) is 10.5. The summed E-state index contributed by atoms with van der Waals surface area (Å²) in [5, 5.41) is 20.5. The Morgan fingerprint density at radius 3 is 2.45 bits per heavy atom. The molecule has 21 heteroatoms. The molecule has 4 heterocycles. The summed E-state index contributed by atoms with van der Waals surface area (Å²) >= 11 is 0. The fourth-order valence-corrected chi connectivity index (χ4v) is 8.34. The van der Waals surface area contributed by atoms with Crippen LogP contribution >= 0.6 is 0 Å². The van der Waals surface area contributed by atoms with E-state index in [-0.39, 0.29) is 107 Å². The fourth-order valence-electron chi connectivity index (χ4n) is 8.34. The van der Waals surface area contributed by atoms with Gasteiger partial charge in [-0.1, -0.05) is 26.8 Å². The molecule has 6 rings (SSSR count). The van der Waals surface area contributed by atoms with Gasteiger partial charge in [-0.25, -0.2) is 9.37 Å². The molecule has 0 saturated carbocycles. The Bertz CT molecular complexity index is 2660. The molecule has 20 nitrogen and oxygen atoms in total. The van der Waals surface area contributed by atoms with E-state index in [1.807, 2.05) is 32.9 Å². The summed E-state index contributed by atoms with van der Waals surface area (Å²) in [5.74, 6) is -1.69. The predicted octanol–water partition coefficient (Wildman–Crippen LogP) is 3.10. The number of nitrogen functional groups attached to an aromatic ring is 1. The number of benzene rings is 2. The number of nitriles is 1. The van der Waals surface area contributed by atoms with E-state index in [4.69, 9.17) is 30.4 Å². The number of hydrogen-bond acceptors (Lipinski definition) is 14. The largest absolute Gasteiger partial charge is 0.491 e. The molecule has 2 aromatic heterocycles. The van der Waals surface area contributed by atoms with Gasteiger partial charge in [0.1, 0.15) is 42.4 Å². The number of nitrogens with one attached hydrogen (secondary N) is 2. The molecule has 0 fully saturated rings. The number of nitrogens with two attached hydrogens (primary N) is 2. The van der Waals surface area contributed by atoms with Gasteiger partial charge in [0.15, 0.2) is 17.3 Å². The average molecular weight is 982 g/mol. The Labute approximate surface area is 412 Å². The van der Waals surface area contributed by atoms with Crippen molar-refractivity contribution in [2.75, 3.05) is 66.5 Å². The van der Waals surface area contributed by atoms with Crippen LogP contribution in [0.4, 0.5) is 10.2 Å². The molecule has 4 atom stereocenters. The van der Waals surface area contributed by atoms with E-state index in [9.17, 15) is 33.6 Å². The molecule has 2 aromatic carbocycles. The van der Waals surface area contributed by atoms with Gasteiger partial charge in [0, 0.05) is 62.1 Å². The second-order valence-corrected chi connectivity index (χ2v) is 18.7. The predicted molar refractivity (Wildman–Crippen MR) is 259 cm³/mol. The number of ether oxygens (including phenoxy) is 4. The third kappa shape index (κ3) is 12.8. The van der Waals surface area contributed by atoms with Crippen molar-refractivity contribution in [3.63, 3.8) is 0 Å². The number of likely N-dealkylation sites (N-methyl/N-ethyl adjacent to an activating group) is 2. The van der Waals surface area contributed by atoms with Gasteiger partial charge < -0.3 is 55.7 Å². The number of fused-ring (bicyclic) bond motifs is 6. The minimum atomic E-state index is -0.910. The molecule has 380 valence electrons. The van der Waals surface area contributed by atoms with Crippen LogP contribution in [0.15, 0.2) is 48.7 Å². The molecule has 6 N–H and O–H groups in total. The Morgan fingerprint density at radius 1 is 1.04 bits per heavy atom. The molecule has 0 saturated heterocycles. The summed E-state index contributed by atoms with van der Waals surface area (Å²) in [6, 6.07) is 10.8. The summed E-state index contributed by atoms with van der Waals surface area (Å²) in [5.41, 5.74) is 15.0. The zero-order chi connectivity index (χ0) is 51.7. The monoisotopic (exact) mass is 981 g/mol. The van der Waals surface area contributed by atoms with Crippen LogP contribution in [0.5, 0.6) is 11.5 Å². The van der Waals surface area contributed by atoms with Crippen molar-refractivity contribution in [1.82, 2.24) is 40.1 Å². The van der Waals surface area contributed by atoms with Gasteiger partial charge in [-0.2, -0.15) is 10.4 Å². The van der Waals surface area contributed by atoms with E-state index < -0.39 is 53.2 Å². The molecule has 71 heavy (non-hydrogen) atoms.